The molecule has 4 heteroatoms. The Morgan fingerprint density at radius 2 is 1.21 bits per heavy atom. The van der Waals surface area contributed by atoms with Gasteiger partial charge in [0.25, 0.3) is 0 Å². The normalized spacial score (nSPS) is 9.21. The summed E-state index contributed by atoms with van der Waals surface area (Å²) in [6.07, 6.45) is 10.9. The Kier molecular flexibility index (Phi) is 21.8. The molecular formula is C10H21Cl3Ti. The van der Waals surface area contributed by atoms with E-state index in [0.29, 0.717) is 0 Å². The number of rotatable bonds is 7. The molecule has 0 spiro atoms. The first-order valence-corrected chi connectivity index (χ1v) is 11.7. The third kappa shape index (κ3) is 29.2. The van der Waals surface area contributed by atoms with Gasteiger partial charge in [-0.1, -0.05) is 51.9 Å². The van der Waals surface area contributed by atoms with E-state index in [1.807, 2.05) is 0 Å². The summed E-state index contributed by atoms with van der Waals surface area (Å²) in [5.41, 5.74) is 0. The van der Waals surface area contributed by atoms with Crippen LogP contribution in [-0.2, 0) is 14.7 Å². The zero-order chi connectivity index (χ0) is 11.2. The molecule has 0 bridgehead atoms. The molecule has 0 saturated heterocycles. The Balaban J connectivity index is 0. The van der Waals surface area contributed by atoms with Gasteiger partial charge in [0.1, 0.15) is 0 Å². The van der Waals surface area contributed by atoms with E-state index in [2.05, 4.69) is 13.8 Å². The zero-order valence-corrected chi connectivity index (χ0v) is 12.8. The van der Waals surface area contributed by atoms with Crippen LogP contribution in [0.3, 0.4) is 0 Å². The number of unbranched alkanes of at least 4 members (excludes halogenated alkanes) is 7. The molecule has 0 amide bonds. The Hall–Kier alpha value is 1.58. The maximum absolute atomic E-state index is 4.97. The zero-order valence-electron chi connectivity index (χ0n) is 9.00. The van der Waals surface area contributed by atoms with E-state index >= 15 is 0 Å². The molecule has 0 unspecified atom stereocenters. The molecule has 0 saturated carbocycles. The van der Waals surface area contributed by atoms with Crippen LogP contribution in [0.1, 0.15) is 58.3 Å². The van der Waals surface area contributed by atoms with E-state index in [9.17, 15) is 0 Å². The van der Waals surface area contributed by atoms with E-state index in [0.717, 1.165) is 6.42 Å². The van der Waals surface area contributed by atoms with Crippen molar-refractivity contribution in [3.8, 4) is 0 Å². The Bertz CT molecular complexity index is 78.7. The van der Waals surface area contributed by atoms with E-state index in [1.165, 1.54) is 44.9 Å². The fourth-order valence-electron chi connectivity index (χ4n) is 1.13. The van der Waals surface area contributed by atoms with Gasteiger partial charge in [0.15, 0.2) is 0 Å². The van der Waals surface area contributed by atoms with Crippen LogP contribution in [0, 0.1) is 6.92 Å². The van der Waals surface area contributed by atoms with E-state index < -0.39 is 14.7 Å². The van der Waals surface area contributed by atoms with Crippen molar-refractivity contribution in [3.63, 3.8) is 0 Å². The van der Waals surface area contributed by atoms with Crippen LogP contribution < -0.4 is 0 Å². The summed E-state index contributed by atoms with van der Waals surface area (Å²) in [4.78, 5) is 0. The SMILES string of the molecule is [CH2-]CCCCCCCCC.[Cl][Ti+]([Cl])[Cl]. The van der Waals surface area contributed by atoms with Gasteiger partial charge in [0.2, 0.25) is 0 Å². The molecule has 0 heterocycles. The predicted octanol–water partition coefficient (Wildman–Crippen LogP) is 6.03. The van der Waals surface area contributed by atoms with Crippen LogP contribution in [0.15, 0.2) is 0 Å². The standard InChI is InChI=1S/C10H21.3ClH.Ti/c1-3-5-7-9-10-8-6-4-2;;;;/h1,3-10H2,2H3;3*1H;/q-1;;;;+4/p-3. The first-order valence-electron chi connectivity index (χ1n) is 5.27. The summed E-state index contributed by atoms with van der Waals surface area (Å²) in [5.74, 6) is 0. The molecule has 0 nitrogen and oxygen atoms in total. The number of hydrogen-bond donors (Lipinski definition) is 0. The van der Waals surface area contributed by atoms with Crippen molar-refractivity contribution in [3.05, 3.63) is 6.92 Å². The van der Waals surface area contributed by atoms with Gasteiger partial charge in [-0.15, -0.1) is 0 Å². The molecule has 0 aliphatic rings. The quantitative estimate of drug-likeness (QED) is 0.306. The van der Waals surface area contributed by atoms with Gasteiger partial charge < -0.3 is 6.92 Å². The third-order valence-electron chi connectivity index (χ3n) is 1.85. The fourth-order valence-corrected chi connectivity index (χ4v) is 1.13. The Morgan fingerprint density at radius 3 is 1.57 bits per heavy atom. The number of halogens is 3. The van der Waals surface area contributed by atoms with Gasteiger partial charge in [-0.05, 0) is 0 Å². The number of hydrogen-bond acceptors (Lipinski definition) is 0. The van der Waals surface area contributed by atoms with Crippen molar-refractivity contribution in [2.45, 2.75) is 58.3 Å². The second-order valence-corrected chi connectivity index (χ2v) is 10.9. The molecule has 0 aromatic heterocycles. The van der Waals surface area contributed by atoms with Crippen LogP contribution in [0.5, 0.6) is 0 Å². The average Bonchev–Trinajstić information content (AvgIpc) is 2.10. The molecule has 0 aromatic carbocycles. The maximum atomic E-state index is 4.97. The van der Waals surface area contributed by atoms with Crippen LogP contribution in [0.25, 0.3) is 0 Å². The van der Waals surface area contributed by atoms with Gasteiger partial charge in [0.05, 0.1) is 0 Å². The second kappa shape index (κ2) is 17.0. The second-order valence-electron chi connectivity index (χ2n) is 3.19. The molecule has 14 heavy (non-hydrogen) atoms. The van der Waals surface area contributed by atoms with Gasteiger partial charge in [-0.3, -0.25) is 0 Å². The summed E-state index contributed by atoms with van der Waals surface area (Å²) >= 11 is -1.92. The van der Waals surface area contributed by atoms with Crippen LogP contribution in [-0.4, -0.2) is 0 Å². The summed E-state index contributed by atoms with van der Waals surface area (Å²) in [6.45, 7) is 6.08. The molecular weight excluding hydrogens is 274 g/mol. The molecule has 86 valence electrons. The first kappa shape index (κ1) is 18.0. The monoisotopic (exact) mass is 294 g/mol. The van der Waals surface area contributed by atoms with Gasteiger partial charge in [-0.2, -0.15) is 6.42 Å². The minimum atomic E-state index is -1.92. The summed E-state index contributed by atoms with van der Waals surface area (Å²) < 4.78 is 0. The molecule has 0 rings (SSSR count). The first-order chi connectivity index (χ1) is 6.65. The van der Waals surface area contributed by atoms with Gasteiger partial charge >= 0.3 is 42.6 Å². The molecule has 0 radical (unpaired) electrons. The van der Waals surface area contributed by atoms with E-state index in [-0.39, 0.29) is 0 Å². The molecule has 0 fully saturated rings. The van der Waals surface area contributed by atoms with E-state index in [4.69, 9.17) is 27.9 Å². The summed E-state index contributed by atoms with van der Waals surface area (Å²) in [5, 5.41) is 0. The molecule has 0 N–H and O–H groups in total. The summed E-state index contributed by atoms with van der Waals surface area (Å²) in [6, 6.07) is 0. The fraction of sp³-hybridized carbons (Fsp3) is 0.900. The van der Waals surface area contributed by atoms with E-state index in [1.54, 1.807) is 0 Å². The summed E-state index contributed by atoms with van der Waals surface area (Å²) in [7, 11) is 14.9. The minimum absolute atomic E-state index is 1.12. The van der Waals surface area contributed by atoms with Crippen LogP contribution in [0.4, 0.5) is 0 Å². The molecule has 0 aliphatic heterocycles. The van der Waals surface area contributed by atoms with Crippen molar-refractivity contribution in [2.24, 2.45) is 0 Å². The van der Waals surface area contributed by atoms with Crippen molar-refractivity contribution in [1.82, 2.24) is 0 Å². The van der Waals surface area contributed by atoms with Crippen molar-refractivity contribution in [1.29, 1.82) is 0 Å². The van der Waals surface area contributed by atoms with Crippen molar-refractivity contribution in [2.75, 3.05) is 0 Å². The van der Waals surface area contributed by atoms with Crippen LogP contribution >= 0.6 is 27.9 Å². The van der Waals surface area contributed by atoms with Gasteiger partial charge in [-0.25, -0.2) is 0 Å². The topological polar surface area (TPSA) is 0 Å². The third-order valence-corrected chi connectivity index (χ3v) is 1.85. The Morgan fingerprint density at radius 1 is 0.857 bits per heavy atom. The molecule has 0 atom stereocenters. The van der Waals surface area contributed by atoms with Crippen molar-refractivity contribution >= 4 is 27.9 Å². The van der Waals surface area contributed by atoms with Gasteiger partial charge in [0, 0.05) is 0 Å². The average molecular weight is 296 g/mol. The molecule has 0 aliphatic carbocycles. The van der Waals surface area contributed by atoms with Crippen LogP contribution in [0.2, 0.25) is 0 Å². The van der Waals surface area contributed by atoms with Crippen molar-refractivity contribution < 1.29 is 14.7 Å². The predicted molar refractivity (Wildman–Crippen MR) is 65.5 cm³/mol. The Labute approximate surface area is 107 Å². The molecule has 0 aromatic rings.